The van der Waals surface area contributed by atoms with E-state index in [9.17, 15) is 0 Å². The molecular weight excluding hydrogens is 276 g/mol. The second kappa shape index (κ2) is 2.57. The maximum absolute atomic E-state index is 2.43. The predicted molar refractivity (Wildman–Crippen MR) is 88.8 cm³/mol. The normalized spacial score (nSPS) is 43.3. The minimum Gasteiger partial charge on any atom is -0.0584 e. The second-order valence-electron chi connectivity index (χ2n) is 8.19. The van der Waals surface area contributed by atoms with Crippen LogP contribution in [-0.2, 0) is 16.2 Å². The molecule has 0 N–H and O–H groups in total. The third-order valence-corrected chi connectivity index (χ3v) is 8.11. The fourth-order valence-corrected chi connectivity index (χ4v) is 7.59. The summed E-state index contributed by atoms with van der Waals surface area (Å²) in [5.41, 5.74) is 10.0. The van der Waals surface area contributed by atoms with Crippen LogP contribution in [0.4, 0.5) is 0 Å². The molecule has 0 saturated heterocycles. The zero-order valence-corrected chi connectivity index (χ0v) is 12.6. The van der Waals surface area contributed by atoms with Crippen molar-refractivity contribution in [2.75, 3.05) is 0 Å². The average Bonchev–Trinajstić information content (AvgIpc) is 3.43. The van der Waals surface area contributed by atoms with Crippen LogP contribution in [0.1, 0.15) is 39.3 Å². The van der Waals surface area contributed by atoms with E-state index in [4.69, 9.17) is 0 Å². The summed E-state index contributed by atoms with van der Waals surface area (Å²) in [6.45, 7) is 0. The van der Waals surface area contributed by atoms with Gasteiger partial charge in [-0.25, -0.2) is 0 Å². The number of benzene rings is 3. The SMILES string of the molecule is c1cc2ccc1C1[C@@]34c5ccc(cc5)C25c2ccc(cc2)[C@]13C54. The Morgan fingerprint density at radius 1 is 0.478 bits per heavy atom. The molecular formula is C23H14. The van der Waals surface area contributed by atoms with Crippen molar-refractivity contribution >= 4 is 0 Å². The molecule has 2 fully saturated rings. The van der Waals surface area contributed by atoms with E-state index in [-0.39, 0.29) is 5.41 Å². The first-order valence-electron chi connectivity index (χ1n) is 8.70. The van der Waals surface area contributed by atoms with Crippen molar-refractivity contribution < 1.29 is 0 Å². The summed E-state index contributed by atoms with van der Waals surface area (Å²) < 4.78 is 0. The van der Waals surface area contributed by atoms with E-state index >= 15 is 0 Å². The van der Waals surface area contributed by atoms with Gasteiger partial charge in [-0.05, 0) is 39.3 Å². The number of hydrogen-bond donors (Lipinski definition) is 0. The van der Waals surface area contributed by atoms with E-state index in [1.54, 1.807) is 16.7 Å². The molecule has 2 spiro atoms. The number of hydrogen-bond acceptors (Lipinski definition) is 0. The van der Waals surface area contributed by atoms with Gasteiger partial charge in [-0.1, -0.05) is 72.8 Å². The van der Waals surface area contributed by atoms with E-state index in [0.29, 0.717) is 16.7 Å². The molecule has 0 heterocycles. The molecule has 10 aliphatic carbocycles. The van der Waals surface area contributed by atoms with Gasteiger partial charge in [0.25, 0.3) is 0 Å². The highest BCUT2D eigenvalue weighted by Crippen LogP contribution is 3.01. The van der Waals surface area contributed by atoms with Gasteiger partial charge in [-0.2, -0.15) is 0 Å². The van der Waals surface area contributed by atoms with Gasteiger partial charge in [0.1, 0.15) is 0 Å². The molecule has 0 unspecified atom stereocenters. The molecule has 23 heavy (non-hydrogen) atoms. The van der Waals surface area contributed by atoms with E-state index in [1.807, 2.05) is 0 Å². The van der Waals surface area contributed by atoms with E-state index in [1.165, 1.54) is 16.7 Å². The molecule has 0 aliphatic heterocycles. The molecule has 0 amide bonds. The van der Waals surface area contributed by atoms with Crippen molar-refractivity contribution in [3.05, 3.63) is 106 Å². The van der Waals surface area contributed by atoms with E-state index in [0.717, 1.165) is 5.92 Å². The summed E-state index contributed by atoms with van der Waals surface area (Å²) in [7, 11) is 0. The molecule has 2 saturated carbocycles. The second-order valence-corrected chi connectivity index (χ2v) is 8.19. The highest BCUT2D eigenvalue weighted by Gasteiger charge is 3.02. The maximum Gasteiger partial charge on any atom is 0.0497 e. The number of rotatable bonds is 0. The van der Waals surface area contributed by atoms with E-state index < -0.39 is 0 Å². The Hall–Kier alpha value is -2.34. The lowest BCUT2D eigenvalue weighted by Crippen LogP contribution is -2.39. The first-order valence-corrected chi connectivity index (χ1v) is 8.70. The lowest BCUT2D eigenvalue weighted by Gasteiger charge is -2.42. The van der Waals surface area contributed by atoms with Crippen molar-refractivity contribution in [1.29, 1.82) is 0 Å². The molecule has 13 rings (SSSR count). The fourth-order valence-electron chi connectivity index (χ4n) is 7.59. The Morgan fingerprint density at radius 2 is 0.870 bits per heavy atom. The van der Waals surface area contributed by atoms with Crippen molar-refractivity contribution in [3.8, 4) is 0 Å². The van der Waals surface area contributed by atoms with Crippen LogP contribution in [0.2, 0.25) is 0 Å². The molecule has 106 valence electrons. The lowest BCUT2D eigenvalue weighted by molar-refractivity contribution is 0.371. The van der Waals surface area contributed by atoms with Gasteiger partial charge in [0.2, 0.25) is 0 Å². The average molecular weight is 290 g/mol. The summed E-state index contributed by atoms with van der Waals surface area (Å²) in [5, 5.41) is 0. The van der Waals surface area contributed by atoms with Crippen molar-refractivity contribution in [3.63, 3.8) is 0 Å². The van der Waals surface area contributed by atoms with E-state index in [2.05, 4.69) is 72.8 Å². The van der Waals surface area contributed by atoms with Crippen LogP contribution in [0.5, 0.6) is 0 Å². The monoisotopic (exact) mass is 290 g/mol. The summed E-state index contributed by atoms with van der Waals surface area (Å²) in [6, 6.07) is 29.0. The lowest BCUT2D eigenvalue weighted by atomic mass is 9.59. The minimum absolute atomic E-state index is 0.0615. The van der Waals surface area contributed by atoms with Crippen LogP contribution in [0.3, 0.4) is 0 Å². The first kappa shape index (κ1) is 10.4. The molecule has 0 radical (unpaired) electrons. The topological polar surface area (TPSA) is 0 Å². The third kappa shape index (κ3) is 0.656. The van der Waals surface area contributed by atoms with Crippen LogP contribution in [0.15, 0.2) is 72.8 Å². The Kier molecular flexibility index (Phi) is 1.16. The Labute approximate surface area is 134 Å². The van der Waals surface area contributed by atoms with Crippen molar-refractivity contribution in [2.45, 2.75) is 22.2 Å². The molecule has 0 heteroatoms. The summed E-state index contributed by atoms with van der Waals surface area (Å²) >= 11 is 0. The van der Waals surface area contributed by atoms with Gasteiger partial charge in [0.15, 0.2) is 0 Å². The molecule has 2 atom stereocenters. The van der Waals surface area contributed by atoms with Gasteiger partial charge in [0, 0.05) is 22.2 Å². The highest BCUT2D eigenvalue weighted by atomic mass is 15.0. The summed E-state index contributed by atoms with van der Waals surface area (Å²) in [5.74, 6) is 1.40. The van der Waals surface area contributed by atoms with Crippen molar-refractivity contribution in [1.82, 2.24) is 0 Å². The van der Waals surface area contributed by atoms with Gasteiger partial charge in [-0.3, -0.25) is 0 Å². The van der Waals surface area contributed by atoms with Gasteiger partial charge < -0.3 is 0 Å². The molecule has 0 aromatic heterocycles. The van der Waals surface area contributed by atoms with Crippen LogP contribution in [-0.4, -0.2) is 0 Å². The van der Waals surface area contributed by atoms with Gasteiger partial charge >= 0.3 is 0 Å². The predicted octanol–water partition coefficient (Wildman–Crippen LogP) is 4.26. The zero-order valence-electron chi connectivity index (χ0n) is 12.6. The molecule has 3 aromatic rings. The summed E-state index contributed by atoms with van der Waals surface area (Å²) in [6.07, 6.45) is 0. The van der Waals surface area contributed by atoms with Crippen LogP contribution in [0, 0.1) is 5.92 Å². The molecule has 3 aromatic carbocycles. The zero-order chi connectivity index (χ0) is 14.6. The summed E-state index contributed by atoms with van der Waals surface area (Å²) in [4.78, 5) is 0. The minimum atomic E-state index is 0.0615. The Morgan fingerprint density at radius 3 is 1.35 bits per heavy atom. The van der Waals surface area contributed by atoms with Crippen LogP contribution < -0.4 is 0 Å². The Bertz CT molecular complexity index is 993. The largest absolute Gasteiger partial charge is 0.0584 e. The van der Waals surface area contributed by atoms with Crippen LogP contribution >= 0.6 is 0 Å². The van der Waals surface area contributed by atoms with Gasteiger partial charge in [0.05, 0.1) is 0 Å². The molecule has 10 aliphatic rings. The standard InChI is InChI=1S/C23H14/c1-3-14-4-2-13(1)19-22-17-9-5-15(6-10-17)21(14)16-7-11-18(12-8-16)23(19,22)20(21)22/h1-12,19-20H/t19?,20?,21?,22-,23-/m1/s1. The number of fused-ring (bicyclic) bond motifs is 4. The maximum atomic E-state index is 2.43. The highest BCUT2D eigenvalue weighted by molar-refractivity contribution is 5.82. The van der Waals surface area contributed by atoms with Crippen molar-refractivity contribution in [2.24, 2.45) is 5.92 Å². The molecule has 0 nitrogen and oxygen atoms in total. The van der Waals surface area contributed by atoms with Gasteiger partial charge in [-0.15, -0.1) is 0 Å². The van der Waals surface area contributed by atoms with Crippen LogP contribution in [0.25, 0.3) is 0 Å². The molecule has 11 bridgehead atoms. The Balaban J connectivity index is 1.74. The third-order valence-electron chi connectivity index (χ3n) is 8.11. The smallest absolute Gasteiger partial charge is 0.0497 e. The fraction of sp³-hybridized carbons (Fsp3) is 0.217. The first-order chi connectivity index (χ1) is 11.4. The quantitative estimate of drug-likeness (QED) is 0.580.